The fourth-order valence-electron chi connectivity index (χ4n) is 3.75. The van der Waals surface area contributed by atoms with Gasteiger partial charge in [0, 0.05) is 12.1 Å². The van der Waals surface area contributed by atoms with Gasteiger partial charge < -0.3 is 4.90 Å². The van der Waals surface area contributed by atoms with Gasteiger partial charge in [-0.05, 0) is 37.3 Å². The molecule has 0 aromatic heterocycles. The van der Waals surface area contributed by atoms with Crippen LogP contribution in [0, 0.1) is 5.92 Å². The van der Waals surface area contributed by atoms with Crippen molar-refractivity contribution in [2.45, 2.75) is 44.9 Å². The number of hydrogen-bond acceptors (Lipinski definition) is 1. The van der Waals surface area contributed by atoms with Gasteiger partial charge >= 0.3 is 0 Å². The summed E-state index contributed by atoms with van der Waals surface area (Å²) in [4.78, 5) is 14.9. The van der Waals surface area contributed by atoms with E-state index < -0.39 is 8.07 Å². The Hall–Kier alpha value is -1.35. The normalized spacial score (nSPS) is 27.2. The highest BCUT2D eigenvalue weighted by Gasteiger charge is 2.40. The molecular formula is C18H25NOSi. The summed E-state index contributed by atoms with van der Waals surface area (Å²) in [6.07, 6.45) is 3.56. The molecular weight excluding hydrogens is 274 g/mol. The minimum Gasteiger partial charge on any atom is -0.332 e. The molecule has 1 aliphatic heterocycles. The van der Waals surface area contributed by atoms with Gasteiger partial charge in [0.15, 0.2) is 0 Å². The SMILES string of the molecule is C[Si](C)(C)/C=C1/CC2CCN(C(=O)c3ccccc3)C1C2. The molecule has 2 atom stereocenters. The van der Waals surface area contributed by atoms with Gasteiger partial charge in [-0.2, -0.15) is 0 Å². The van der Waals surface area contributed by atoms with Crippen molar-refractivity contribution in [2.24, 2.45) is 5.92 Å². The topological polar surface area (TPSA) is 20.3 Å². The first-order chi connectivity index (χ1) is 9.94. The van der Waals surface area contributed by atoms with Gasteiger partial charge in [0.1, 0.15) is 0 Å². The molecule has 2 fully saturated rings. The molecule has 1 aliphatic carbocycles. The van der Waals surface area contributed by atoms with E-state index in [0.717, 1.165) is 24.4 Å². The highest BCUT2D eigenvalue weighted by molar-refractivity contribution is 6.81. The fourth-order valence-corrected chi connectivity index (χ4v) is 5.17. The van der Waals surface area contributed by atoms with E-state index in [-0.39, 0.29) is 5.91 Å². The number of amides is 1. The van der Waals surface area contributed by atoms with Crippen LogP contribution in [-0.4, -0.2) is 31.5 Å². The number of piperidine rings is 1. The van der Waals surface area contributed by atoms with Crippen LogP contribution in [0.3, 0.4) is 0 Å². The maximum absolute atomic E-state index is 12.8. The van der Waals surface area contributed by atoms with Crippen LogP contribution in [0.1, 0.15) is 29.6 Å². The smallest absolute Gasteiger partial charge is 0.254 e. The number of nitrogens with zero attached hydrogens (tertiary/aromatic N) is 1. The summed E-state index contributed by atoms with van der Waals surface area (Å²) in [5, 5.41) is 0. The standard InChI is InChI=1S/C18H25NOSi/c1-21(2,3)13-16-11-14-9-10-19(17(16)12-14)18(20)15-7-5-4-6-8-15/h4-8,13-14,17H,9-12H2,1-3H3/b16-13-. The van der Waals surface area contributed by atoms with E-state index in [4.69, 9.17) is 0 Å². The molecule has 0 spiro atoms. The molecule has 1 amide bonds. The van der Waals surface area contributed by atoms with Gasteiger partial charge in [0.25, 0.3) is 5.91 Å². The van der Waals surface area contributed by atoms with Crippen LogP contribution in [0.25, 0.3) is 0 Å². The zero-order chi connectivity index (χ0) is 15.0. The van der Waals surface area contributed by atoms with Crippen LogP contribution in [0.4, 0.5) is 0 Å². The number of hydrogen-bond donors (Lipinski definition) is 0. The molecule has 2 bridgehead atoms. The molecule has 2 unspecified atom stereocenters. The first-order valence-electron chi connectivity index (χ1n) is 8.02. The van der Waals surface area contributed by atoms with Crippen molar-refractivity contribution in [1.29, 1.82) is 0 Å². The number of carbonyl (C=O) groups is 1. The van der Waals surface area contributed by atoms with E-state index in [9.17, 15) is 4.79 Å². The summed E-state index contributed by atoms with van der Waals surface area (Å²) in [6, 6.07) is 10.1. The van der Waals surface area contributed by atoms with E-state index in [0.29, 0.717) is 6.04 Å². The molecule has 112 valence electrons. The number of benzene rings is 1. The van der Waals surface area contributed by atoms with Crippen molar-refractivity contribution in [3.05, 3.63) is 47.2 Å². The van der Waals surface area contributed by atoms with E-state index in [1.807, 2.05) is 30.3 Å². The molecule has 1 saturated heterocycles. The highest BCUT2D eigenvalue weighted by atomic mass is 28.3. The maximum Gasteiger partial charge on any atom is 0.254 e. The first-order valence-corrected chi connectivity index (χ1v) is 11.6. The second-order valence-electron chi connectivity index (χ2n) is 7.56. The van der Waals surface area contributed by atoms with E-state index in [1.54, 1.807) is 5.57 Å². The minimum absolute atomic E-state index is 0.211. The number of carbonyl (C=O) groups excluding carboxylic acids is 1. The van der Waals surface area contributed by atoms with Gasteiger partial charge in [-0.3, -0.25) is 4.79 Å². The molecule has 1 saturated carbocycles. The quantitative estimate of drug-likeness (QED) is 0.752. The third kappa shape index (κ3) is 3.13. The first kappa shape index (κ1) is 14.6. The van der Waals surface area contributed by atoms with E-state index >= 15 is 0 Å². The Morgan fingerprint density at radius 2 is 1.95 bits per heavy atom. The van der Waals surface area contributed by atoms with Crippen LogP contribution in [0.2, 0.25) is 19.6 Å². The third-order valence-corrected chi connectivity index (χ3v) is 5.80. The van der Waals surface area contributed by atoms with Crippen LogP contribution in [-0.2, 0) is 0 Å². The van der Waals surface area contributed by atoms with Crippen molar-refractivity contribution >= 4 is 14.0 Å². The molecule has 1 aromatic rings. The summed E-state index contributed by atoms with van der Waals surface area (Å²) in [5.74, 6) is 1.01. The summed E-state index contributed by atoms with van der Waals surface area (Å²) in [6.45, 7) is 8.06. The van der Waals surface area contributed by atoms with Crippen molar-refractivity contribution in [1.82, 2.24) is 4.90 Å². The van der Waals surface area contributed by atoms with Gasteiger partial charge in [-0.25, -0.2) is 0 Å². The van der Waals surface area contributed by atoms with Crippen molar-refractivity contribution in [2.75, 3.05) is 6.54 Å². The number of likely N-dealkylation sites (tertiary alicyclic amines) is 1. The predicted molar refractivity (Wildman–Crippen MR) is 90.0 cm³/mol. The van der Waals surface area contributed by atoms with E-state index in [2.05, 4.69) is 30.2 Å². The highest BCUT2D eigenvalue weighted by Crippen LogP contribution is 2.41. The molecule has 21 heavy (non-hydrogen) atoms. The van der Waals surface area contributed by atoms with Crippen molar-refractivity contribution < 1.29 is 4.79 Å². The van der Waals surface area contributed by atoms with Gasteiger partial charge in [0.2, 0.25) is 0 Å². The average Bonchev–Trinajstić information content (AvgIpc) is 2.74. The Bertz CT molecular complexity index is 558. The monoisotopic (exact) mass is 299 g/mol. The molecule has 2 nitrogen and oxygen atoms in total. The lowest BCUT2D eigenvalue weighted by atomic mass is 9.98. The Labute approximate surface area is 128 Å². The molecule has 3 rings (SSSR count). The number of rotatable bonds is 2. The zero-order valence-electron chi connectivity index (χ0n) is 13.3. The Morgan fingerprint density at radius 3 is 2.62 bits per heavy atom. The fraction of sp³-hybridized carbons (Fsp3) is 0.500. The van der Waals surface area contributed by atoms with Gasteiger partial charge in [-0.15, -0.1) is 0 Å². The molecule has 0 radical (unpaired) electrons. The Morgan fingerprint density at radius 1 is 1.24 bits per heavy atom. The van der Waals surface area contributed by atoms with Crippen LogP contribution < -0.4 is 0 Å². The van der Waals surface area contributed by atoms with Crippen LogP contribution in [0.15, 0.2) is 41.6 Å². The molecule has 0 N–H and O–H groups in total. The van der Waals surface area contributed by atoms with E-state index in [1.165, 1.54) is 12.8 Å². The van der Waals surface area contributed by atoms with Crippen molar-refractivity contribution in [3.63, 3.8) is 0 Å². The zero-order valence-corrected chi connectivity index (χ0v) is 14.3. The average molecular weight is 299 g/mol. The lowest BCUT2D eigenvalue weighted by Crippen LogP contribution is -2.43. The molecule has 1 aromatic carbocycles. The lowest BCUT2D eigenvalue weighted by molar-refractivity contribution is 0.0654. The minimum atomic E-state index is -1.23. The molecule has 3 heteroatoms. The number of fused-ring (bicyclic) bond motifs is 2. The summed E-state index contributed by atoms with van der Waals surface area (Å²) in [7, 11) is -1.23. The third-order valence-electron chi connectivity index (χ3n) is 4.56. The Balaban J connectivity index is 1.87. The van der Waals surface area contributed by atoms with Crippen molar-refractivity contribution in [3.8, 4) is 0 Å². The predicted octanol–water partition coefficient (Wildman–Crippen LogP) is 4.11. The van der Waals surface area contributed by atoms with Gasteiger partial charge in [0.05, 0.1) is 14.1 Å². The van der Waals surface area contributed by atoms with Gasteiger partial charge in [-0.1, -0.05) is 49.1 Å². The summed E-state index contributed by atoms with van der Waals surface area (Å²) >= 11 is 0. The molecule has 2 aliphatic rings. The Kier molecular flexibility index (Phi) is 3.78. The summed E-state index contributed by atoms with van der Waals surface area (Å²) in [5.41, 5.74) is 4.91. The largest absolute Gasteiger partial charge is 0.332 e. The second kappa shape index (κ2) is 5.45. The second-order valence-corrected chi connectivity index (χ2v) is 12.6. The molecule has 1 heterocycles. The maximum atomic E-state index is 12.8. The van der Waals surface area contributed by atoms with Crippen LogP contribution in [0.5, 0.6) is 0 Å². The lowest BCUT2D eigenvalue weighted by Gasteiger charge is -2.34. The summed E-state index contributed by atoms with van der Waals surface area (Å²) < 4.78 is 0. The van der Waals surface area contributed by atoms with Crippen LogP contribution >= 0.6 is 0 Å².